The summed E-state index contributed by atoms with van der Waals surface area (Å²) in [5.41, 5.74) is 0.577. The Bertz CT molecular complexity index is 673. The van der Waals surface area contributed by atoms with Crippen molar-refractivity contribution in [3.8, 4) is 11.5 Å². The van der Waals surface area contributed by atoms with Crippen LogP contribution in [0.4, 0.5) is 10.8 Å². The fourth-order valence-corrected chi connectivity index (χ4v) is 2.38. The summed E-state index contributed by atoms with van der Waals surface area (Å²) in [6.07, 6.45) is 1.76. The summed E-state index contributed by atoms with van der Waals surface area (Å²) in [5.74, 6) is 0.592. The van der Waals surface area contributed by atoms with Crippen LogP contribution >= 0.6 is 11.3 Å². The van der Waals surface area contributed by atoms with Crippen LogP contribution in [0.5, 0.6) is 11.5 Å². The molecular weight excluding hydrogens is 318 g/mol. The molecule has 122 valence electrons. The van der Waals surface area contributed by atoms with E-state index in [1.807, 2.05) is 0 Å². The van der Waals surface area contributed by atoms with Crippen LogP contribution in [0, 0.1) is 0 Å². The quantitative estimate of drug-likeness (QED) is 0.811. The first kappa shape index (κ1) is 16.8. The molecule has 2 aromatic rings. The molecule has 23 heavy (non-hydrogen) atoms. The van der Waals surface area contributed by atoms with E-state index in [-0.39, 0.29) is 24.7 Å². The molecule has 0 aliphatic heterocycles. The summed E-state index contributed by atoms with van der Waals surface area (Å²) in [6.45, 7) is 0. The summed E-state index contributed by atoms with van der Waals surface area (Å²) >= 11 is 1.33. The van der Waals surface area contributed by atoms with Crippen molar-refractivity contribution >= 4 is 34.0 Å². The number of hydrogen-bond acceptors (Lipinski definition) is 6. The lowest BCUT2D eigenvalue weighted by molar-refractivity contribution is -0.121. The molecule has 0 radical (unpaired) electrons. The highest BCUT2D eigenvalue weighted by Crippen LogP contribution is 2.29. The third-order valence-electron chi connectivity index (χ3n) is 2.93. The van der Waals surface area contributed by atoms with E-state index in [9.17, 15) is 9.59 Å². The standard InChI is InChI=1S/C15H17N3O4S/c1-21-11-4-3-10(9-12(11)22-2)17-13(19)5-6-14(20)18-15-16-7-8-23-15/h3-4,7-9H,5-6H2,1-2H3,(H,17,19)(H,16,18,20). The number of amides is 2. The molecule has 0 aliphatic rings. The molecule has 0 fully saturated rings. The van der Waals surface area contributed by atoms with Crippen LogP contribution in [0.2, 0.25) is 0 Å². The molecule has 0 saturated heterocycles. The Kier molecular flexibility index (Phi) is 5.93. The van der Waals surface area contributed by atoms with Crippen molar-refractivity contribution in [1.82, 2.24) is 4.98 Å². The Morgan fingerprint density at radius 1 is 1.09 bits per heavy atom. The third kappa shape index (κ3) is 4.96. The van der Waals surface area contributed by atoms with Gasteiger partial charge in [0.1, 0.15) is 0 Å². The lowest BCUT2D eigenvalue weighted by atomic mass is 10.2. The molecule has 0 atom stereocenters. The van der Waals surface area contributed by atoms with E-state index in [2.05, 4.69) is 15.6 Å². The van der Waals surface area contributed by atoms with Gasteiger partial charge in [-0.1, -0.05) is 0 Å². The van der Waals surface area contributed by atoms with Crippen molar-refractivity contribution in [1.29, 1.82) is 0 Å². The van der Waals surface area contributed by atoms with Crippen molar-refractivity contribution in [2.45, 2.75) is 12.8 Å². The first-order chi connectivity index (χ1) is 11.1. The molecule has 2 rings (SSSR count). The van der Waals surface area contributed by atoms with Crippen molar-refractivity contribution in [3.05, 3.63) is 29.8 Å². The van der Waals surface area contributed by atoms with Gasteiger partial charge in [-0.25, -0.2) is 4.98 Å². The van der Waals surface area contributed by atoms with E-state index < -0.39 is 0 Å². The maximum Gasteiger partial charge on any atom is 0.226 e. The number of benzene rings is 1. The van der Waals surface area contributed by atoms with E-state index >= 15 is 0 Å². The molecular formula is C15H17N3O4S. The van der Waals surface area contributed by atoms with E-state index in [0.29, 0.717) is 22.3 Å². The monoisotopic (exact) mass is 335 g/mol. The molecule has 7 nitrogen and oxygen atoms in total. The highest BCUT2D eigenvalue weighted by Gasteiger charge is 2.10. The van der Waals surface area contributed by atoms with Crippen LogP contribution in [-0.2, 0) is 9.59 Å². The summed E-state index contributed by atoms with van der Waals surface area (Å²) in [4.78, 5) is 27.5. The molecule has 1 aromatic heterocycles. The molecule has 0 spiro atoms. The molecule has 0 saturated carbocycles. The van der Waals surface area contributed by atoms with Crippen LogP contribution in [-0.4, -0.2) is 31.0 Å². The zero-order valence-electron chi connectivity index (χ0n) is 12.8. The highest BCUT2D eigenvalue weighted by atomic mass is 32.1. The van der Waals surface area contributed by atoms with Crippen LogP contribution in [0.1, 0.15) is 12.8 Å². The number of thiazole rings is 1. The Labute approximate surface area is 137 Å². The van der Waals surface area contributed by atoms with Gasteiger partial charge in [0.05, 0.1) is 14.2 Å². The van der Waals surface area contributed by atoms with E-state index in [1.165, 1.54) is 25.6 Å². The minimum absolute atomic E-state index is 0.0750. The second kappa shape index (κ2) is 8.14. The van der Waals surface area contributed by atoms with Gasteiger partial charge in [-0.2, -0.15) is 0 Å². The Balaban J connectivity index is 1.83. The Hall–Kier alpha value is -2.61. The molecule has 2 N–H and O–H groups in total. The fourth-order valence-electron chi connectivity index (χ4n) is 1.83. The first-order valence-corrected chi connectivity index (χ1v) is 7.71. The van der Waals surface area contributed by atoms with Crippen molar-refractivity contribution in [2.75, 3.05) is 24.9 Å². The number of rotatable bonds is 7. The van der Waals surface area contributed by atoms with Crippen molar-refractivity contribution in [3.63, 3.8) is 0 Å². The number of carbonyl (C=O) groups excluding carboxylic acids is 2. The molecule has 1 aromatic carbocycles. The zero-order valence-corrected chi connectivity index (χ0v) is 13.6. The van der Waals surface area contributed by atoms with Gasteiger partial charge in [0.2, 0.25) is 11.8 Å². The minimum atomic E-state index is -0.258. The summed E-state index contributed by atoms with van der Waals surface area (Å²) in [5, 5.41) is 7.63. The van der Waals surface area contributed by atoms with Crippen LogP contribution in [0.3, 0.4) is 0 Å². The minimum Gasteiger partial charge on any atom is -0.493 e. The SMILES string of the molecule is COc1ccc(NC(=O)CCC(=O)Nc2nccs2)cc1OC. The molecule has 8 heteroatoms. The van der Waals surface area contributed by atoms with Crippen molar-refractivity contribution in [2.24, 2.45) is 0 Å². The van der Waals surface area contributed by atoms with Gasteiger partial charge in [-0.05, 0) is 12.1 Å². The van der Waals surface area contributed by atoms with Crippen molar-refractivity contribution < 1.29 is 19.1 Å². The number of anilines is 2. The summed E-state index contributed by atoms with van der Waals surface area (Å²) in [6, 6.07) is 5.06. The van der Waals surface area contributed by atoms with Gasteiger partial charge in [0.15, 0.2) is 16.6 Å². The second-order valence-electron chi connectivity index (χ2n) is 4.50. The smallest absolute Gasteiger partial charge is 0.226 e. The van der Waals surface area contributed by atoms with Gasteiger partial charge in [0.25, 0.3) is 0 Å². The predicted molar refractivity (Wildman–Crippen MR) is 88.2 cm³/mol. The Morgan fingerprint density at radius 3 is 2.39 bits per heavy atom. The average molecular weight is 335 g/mol. The number of methoxy groups -OCH3 is 2. The number of aromatic nitrogens is 1. The molecule has 0 bridgehead atoms. The number of nitrogens with one attached hydrogen (secondary N) is 2. The number of nitrogens with zero attached hydrogens (tertiary/aromatic N) is 1. The summed E-state index contributed by atoms with van der Waals surface area (Å²) < 4.78 is 10.3. The normalized spacial score (nSPS) is 10.0. The van der Waals surface area contributed by atoms with E-state index in [4.69, 9.17) is 9.47 Å². The molecule has 0 aliphatic carbocycles. The lowest BCUT2D eigenvalue weighted by Gasteiger charge is -2.10. The third-order valence-corrected chi connectivity index (χ3v) is 3.61. The number of carbonyl (C=O) groups is 2. The van der Waals surface area contributed by atoms with E-state index in [0.717, 1.165) is 0 Å². The van der Waals surface area contributed by atoms with Crippen LogP contribution in [0.25, 0.3) is 0 Å². The lowest BCUT2D eigenvalue weighted by Crippen LogP contribution is -2.17. The van der Waals surface area contributed by atoms with E-state index in [1.54, 1.807) is 29.8 Å². The number of hydrogen-bond donors (Lipinski definition) is 2. The first-order valence-electron chi connectivity index (χ1n) is 6.83. The topological polar surface area (TPSA) is 89.5 Å². The second-order valence-corrected chi connectivity index (χ2v) is 5.40. The molecule has 0 unspecified atom stereocenters. The van der Waals surface area contributed by atoms with Gasteiger partial charge in [-0.3, -0.25) is 9.59 Å². The van der Waals surface area contributed by atoms with Crippen LogP contribution in [0.15, 0.2) is 29.8 Å². The zero-order chi connectivity index (χ0) is 16.7. The largest absolute Gasteiger partial charge is 0.493 e. The maximum atomic E-state index is 11.9. The maximum absolute atomic E-state index is 11.9. The van der Waals surface area contributed by atoms with Gasteiger partial charge < -0.3 is 20.1 Å². The van der Waals surface area contributed by atoms with Gasteiger partial charge in [-0.15, -0.1) is 11.3 Å². The fraction of sp³-hybridized carbons (Fsp3) is 0.267. The van der Waals surface area contributed by atoms with Crippen LogP contribution < -0.4 is 20.1 Å². The average Bonchev–Trinajstić information content (AvgIpc) is 3.05. The van der Waals surface area contributed by atoms with Gasteiger partial charge in [0, 0.05) is 36.2 Å². The highest BCUT2D eigenvalue weighted by molar-refractivity contribution is 7.13. The predicted octanol–water partition coefficient (Wildman–Crippen LogP) is 2.52. The molecule has 1 heterocycles. The molecule has 2 amide bonds. The number of ether oxygens (including phenoxy) is 2. The van der Waals surface area contributed by atoms with Gasteiger partial charge >= 0.3 is 0 Å². The Morgan fingerprint density at radius 2 is 1.78 bits per heavy atom. The summed E-state index contributed by atoms with van der Waals surface area (Å²) in [7, 11) is 3.06.